The summed E-state index contributed by atoms with van der Waals surface area (Å²) in [6, 6.07) is 4.21. The van der Waals surface area contributed by atoms with Gasteiger partial charge >= 0.3 is 12.0 Å². The number of benzene rings is 1. The number of carboxylic acid groups (broad SMARTS) is 1. The predicted molar refractivity (Wildman–Crippen MR) is 70.5 cm³/mol. The molecule has 1 heterocycles. The summed E-state index contributed by atoms with van der Waals surface area (Å²) in [6.45, 7) is 1.84. The lowest BCUT2D eigenvalue weighted by Crippen LogP contribution is -2.28. The van der Waals surface area contributed by atoms with E-state index in [1.165, 1.54) is 12.1 Å². The number of nitrogens with zero attached hydrogens (tertiary/aromatic N) is 1. The second kappa shape index (κ2) is 6.04. The fourth-order valence-electron chi connectivity index (χ4n) is 1.58. The van der Waals surface area contributed by atoms with Gasteiger partial charge in [-0.1, -0.05) is 5.16 Å². The molecule has 0 aliphatic carbocycles. The average Bonchev–Trinajstić information content (AvgIpc) is 2.84. The van der Waals surface area contributed by atoms with Gasteiger partial charge in [0.1, 0.15) is 5.82 Å². The van der Waals surface area contributed by atoms with Crippen molar-refractivity contribution in [1.82, 2.24) is 10.5 Å². The molecule has 0 saturated heterocycles. The highest BCUT2D eigenvalue weighted by Crippen LogP contribution is 2.15. The summed E-state index contributed by atoms with van der Waals surface area (Å²) in [4.78, 5) is 22.3. The lowest BCUT2D eigenvalue weighted by molar-refractivity contribution is 0.0696. The zero-order valence-electron chi connectivity index (χ0n) is 11.0. The first-order valence-electron chi connectivity index (χ1n) is 5.95. The minimum absolute atomic E-state index is 0.0987. The molecule has 0 bridgehead atoms. The second-order valence-corrected chi connectivity index (χ2v) is 4.24. The molecule has 21 heavy (non-hydrogen) atoms. The highest BCUT2D eigenvalue weighted by Gasteiger charge is 2.11. The minimum atomic E-state index is -1.24. The Bertz CT molecular complexity index is 684. The third kappa shape index (κ3) is 3.78. The van der Waals surface area contributed by atoms with Gasteiger partial charge in [0, 0.05) is 6.07 Å². The van der Waals surface area contributed by atoms with Gasteiger partial charge in [0.05, 0.1) is 23.5 Å². The van der Waals surface area contributed by atoms with Gasteiger partial charge in [-0.05, 0) is 25.1 Å². The van der Waals surface area contributed by atoms with Crippen LogP contribution in [0.1, 0.15) is 21.8 Å². The first-order valence-corrected chi connectivity index (χ1v) is 5.95. The first kappa shape index (κ1) is 14.5. The summed E-state index contributed by atoms with van der Waals surface area (Å²) in [5.41, 5.74) is 0.365. The molecule has 7 nitrogen and oxygen atoms in total. The SMILES string of the molecule is Cc1cc(CNC(=O)Nc2ccc(C(=O)O)cc2F)on1. The van der Waals surface area contributed by atoms with Gasteiger partial charge in [-0.2, -0.15) is 0 Å². The van der Waals surface area contributed by atoms with E-state index in [1.807, 2.05) is 0 Å². The van der Waals surface area contributed by atoms with E-state index < -0.39 is 17.8 Å². The van der Waals surface area contributed by atoms with E-state index in [9.17, 15) is 14.0 Å². The monoisotopic (exact) mass is 293 g/mol. The molecule has 0 fully saturated rings. The zero-order valence-corrected chi connectivity index (χ0v) is 11.0. The maximum atomic E-state index is 13.6. The van der Waals surface area contributed by atoms with Gasteiger partial charge < -0.3 is 20.3 Å². The number of carbonyl (C=O) groups excluding carboxylic acids is 1. The molecule has 110 valence electrons. The number of aryl methyl sites for hydroxylation is 1. The third-order valence-electron chi connectivity index (χ3n) is 2.56. The number of anilines is 1. The van der Waals surface area contributed by atoms with E-state index in [2.05, 4.69) is 15.8 Å². The maximum Gasteiger partial charge on any atom is 0.335 e. The number of urea groups is 1. The molecule has 0 aliphatic heterocycles. The number of carboxylic acids is 1. The number of hydrogen-bond acceptors (Lipinski definition) is 4. The van der Waals surface area contributed by atoms with Crippen LogP contribution in [-0.2, 0) is 6.54 Å². The predicted octanol–water partition coefficient (Wildman–Crippen LogP) is 2.14. The number of hydrogen-bond donors (Lipinski definition) is 3. The zero-order chi connectivity index (χ0) is 15.4. The van der Waals surface area contributed by atoms with Gasteiger partial charge in [0.25, 0.3) is 0 Å². The van der Waals surface area contributed by atoms with Gasteiger partial charge in [-0.25, -0.2) is 14.0 Å². The van der Waals surface area contributed by atoms with E-state index in [4.69, 9.17) is 9.63 Å². The molecule has 0 radical (unpaired) electrons. The van der Waals surface area contributed by atoms with Crippen LogP contribution in [-0.4, -0.2) is 22.3 Å². The summed E-state index contributed by atoms with van der Waals surface area (Å²) >= 11 is 0. The molecule has 0 spiro atoms. The van der Waals surface area contributed by atoms with Gasteiger partial charge in [-0.3, -0.25) is 0 Å². The van der Waals surface area contributed by atoms with Crippen LogP contribution < -0.4 is 10.6 Å². The van der Waals surface area contributed by atoms with Crippen molar-refractivity contribution in [1.29, 1.82) is 0 Å². The van der Waals surface area contributed by atoms with Crippen molar-refractivity contribution in [3.05, 3.63) is 47.1 Å². The summed E-state index contributed by atoms with van der Waals surface area (Å²) in [5, 5.41) is 17.1. The molecule has 0 aliphatic rings. The Balaban J connectivity index is 1.94. The number of rotatable bonds is 4. The molecule has 8 heteroatoms. The fraction of sp³-hybridized carbons (Fsp3) is 0.154. The van der Waals surface area contributed by atoms with Crippen LogP contribution in [0.4, 0.5) is 14.9 Å². The molecule has 0 atom stereocenters. The number of aromatic carboxylic acids is 1. The molecular formula is C13H12FN3O4. The summed E-state index contributed by atoms with van der Waals surface area (Å²) < 4.78 is 18.5. The molecule has 2 aromatic rings. The largest absolute Gasteiger partial charge is 0.478 e. The van der Waals surface area contributed by atoms with E-state index in [1.54, 1.807) is 13.0 Å². The number of carbonyl (C=O) groups is 2. The third-order valence-corrected chi connectivity index (χ3v) is 2.56. The van der Waals surface area contributed by atoms with Crippen molar-refractivity contribution >= 4 is 17.7 Å². The normalized spacial score (nSPS) is 10.2. The topological polar surface area (TPSA) is 104 Å². The Morgan fingerprint density at radius 3 is 2.71 bits per heavy atom. The molecular weight excluding hydrogens is 281 g/mol. The van der Waals surface area contributed by atoms with Crippen LogP contribution in [0.2, 0.25) is 0 Å². The lowest BCUT2D eigenvalue weighted by atomic mass is 10.2. The van der Waals surface area contributed by atoms with E-state index >= 15 is 0 Å². The van der Waals surface area contributed by atoms with Crippen LogP contribution in [0.5, 0.6) is 0 Å². The van der Waals surface area contributed by atoms with E-state index in [0.29, 0.717) is 11.5 Å². The van der Waals surface area contributed by atoms with Crippen LogP contribution >= 0.6 is 0 Å². The highest BCUT2D eigenvalue weighted by atomic mass is 19.1. The van der Waals surface area contributed by atoms with Crippen molar-refractivity contribution < 1.29 is 23.6 Å². The van der Waals surface area contributed by atoms with Crippen molar-refractivity contribution in [2.45, 2.75) is 13.5 Å². The van der Waals surface area contributed by atoms with E-state index in [-0.39, 0.29) is 17.8 Å². The summed E-state index contributed by atoms with van der Waals surface area (Å²) in [6.07, 6.45) is 0. The quantitative estimate of drug-likeness (QED) is 0.801. The van der Waals surface area contributed by atoms with Gasteiger partial charge in [0.2, 0.25) is 0 Å². The van der Waals surface area contributed by atoms with Crippen molar-refractivity contribution in [2.75, 3.05) is 5.32 Å². The van der Waals surface area contributed by atoms with Crippen molar-refractivity contribution in [3.8, 4) is 0 Å². The van der Waals surface area contributed by atoms with Gasteiger partial charge in [0.15, 0.2) is 5.76 Å². The fourth-order valence-corrected chi connectivity index (χ4v) is 1.58. The van der Waals surface area contributed by atoms with Crippen LogP contribution in [0, 0.1) is 12.7 Å². The standard InChI is InChI=1S/C13H12FN3O4/c1-7-4-9(21-17-7)6-15-13(20)16-11-3-2-8(12(18)19)5-10(11)14/h2-5H,6H2,1H3,(H,18,19)(H2,15,16,20). The number of halogens is 1. The van der Waals surface area contributed by atoms with Crippen LogP contribution in [0.25, 0.3) is 0 Å². The van der Waals surface area contributed by atoms with Crippen molar-refractivity contribution in [3.63, 3.8) is 0 Å². The highest BCUT2D eigenvalue weighted by molar-refractivity contribution is 5.91. The Morgan fingerprint density at radius 2 is 2.14 bits per heavy atom. The molecule has 2 rings (SSSR count). The summed E-state index contributed by atoms with van der Waals surface area (Å²) in [5.74, 6) is -1.62. The minimum Gasteiger partial charge on any atom is -0.478 e. The van der Waals surface area contributed by atoms with Crippen LogP contribution in [0.15, 0.2) is 28.8 Å². The molecule has 1 aromatic carbocycles. The Morgan fingerprint density at radius 1 is 1.38 bits per heavy atom. The number of nitrogens with one attached hydrogen (secondary N) is 2. The first-order chi connectivity index (χ1) is 9.95. The lowest BCUT2D eigenvalue weighted by Gasteiger charge is -2.07. The van der Waals surface area contributed by atoms with Crippen molar-refractivity contribution in [2.24, 2.45) is 0 Å². The average molecular weight is 293 g/mol. The molecule has 0 unspecified atom stereocenters. The molecule has 1 aromatic heterocycles. The Hall–Kier alpha value is -2.90. The molecule has 3 N–H and O–H groups in total. The van der Waals surface area contributed by atoms with Crippen LogP contribution in [0.3, 0.4) is 0 Å². The van der Waals surface area contributed by atoms with Gasteiger partial charge in [-0.15, -0.1) is 0 Å². The smallest absolute Gasteiger partial charge is 0.335 e. The Labute approximate surface area is 118 Å². The maximum absolute atomic E-state index is 13.6. The molecule has 0 saturated carbocycles. The number of aromatic nitrogens is 1. The Kier molecular flexibility index (Phi) is 4.17. The second-order valence-electron chi connectivity index (χ2n) is 4.24. The van der Waals surface area contributed by atoms with E-state index in [0.717, 1.165) is 6.07 Å². The summed E-state index contributed by atoms with van der Waals surface area (Å²) in [7, 11) is 0. The number of amides is 2. The molecule has 2 amide bonds.